The fourth-order valence-electron chi connectivity index (χ4n) is 2.15. The Labute approximate surface area is 129 Å². The Morgan fingerprint density at radius 1 is 1.27 bits per heavy atom. The molecule has 2 rings (SSSR count). The van der Waals surface area contributed by atoms with Crippen molar-refractivity contribution in [3.63, 3.8) is 0 Å². The number of ether oxygens (including phenoxy) is 1. The lowest BCUT2D eigenvalue weighted by Crippen LogP contribution is -2.23. The molecule has 0 saturated carbocycles. The van der Waals surface area contributed by atoms with Crippen LogP contribution in [-0.4, -0.2) is 37.0 Å². The second-order valence-corrected chi connectivity index (χ2v) is 5.06. The molecule has 1 heterocycles. The average molecular weight is 295 g/mol. The summed E-state index contributed by atoms with van der Waals surface area (Å²) >= 11 is 0. The maximum atomic E-state index is 12.1. The number of nitriles is 1. The zero-order valence-corrected chi connectivity index (χ0v) is 13.0. The molecule has 0 atom stereocenters. The van der Waals surface area contributed by atoms with Crippen LogP contribution < -0.4 is 4.74 Å². The Morgan fingerprint density at radius 3 is 2.41 bits per heavy atom. The minimum absolute atomic E-state index is 0.192. The smallest absolute Gasteiger partial charge is 0.271 e. The van der Waals surface area contributed by atoms with Crippen LogP contribution in [0.4, 0.5) is 0 Å². The summed E-state index contributed by atoms with van der Waals surface area (Å²) in [5.41, 5.74) is 2.88. The molecule has 5 heteroatoms. The molecular formula is C17H17N3O2. The summed E-state index contributed by atoms with van der Waals surface area (Å²) in [6.07, 6.45) is 0. The molecule has 0 unspecified atom stereocenters. The molecule has 0 aliphatic heterocycles. The Morgan fingerprint density at radius 2 is 1.91 bits per heavy atom. The molecule has 5 nitrogen and oxygen atoms in total. The van der Waals surface area contributed by atoms with Crippen molar-refractivity contribution in [1.29, 1.82) is 5.26 Å². The molecule has 2 aromatic rings. The second kappa shape index (κ2) is 6.27. The van der Waals surface area contributed by atoms with E-state index in [-0.39, 0.29) is 5.91 Å². The molecule has 0 aliphatic rings. The summed E-state index contributed by atoms with van der Waals surface area (Å²) in [6, 6.07) is 11.2. The highest BCUT2D eigenvalue weighted by atomic mass is 16.5. The number of rotatable bonds is 3. The first-order valence-electron chi connectivity index (χ1n) is 6.75. The number of amides is 1. The van der Waals surface area contributed by atoms with Gasteiger partial charge in [0.1, 0.15) is 17.5 Å². The summed E-state index contributed by atoms with van der Waals surface area (Å²) in [7, 11) is 4.94. The van der Waals surface area contributed by atoms with E-state index in [1.165, 1.54) is 4.90 Å². The van der Waals surface area contributed by atoms with Crippen LogP contribution in [-0.2, 0) is 0 Å². The van der Waals surface area contributed by atoms with Gasteiger partial charge >= 0.3 is 0 Å². The van der Waals surface area contributed by atoms with Crippen molar-refractivity contribution in [3.8, 4) is 22.9 Å². The van der Waals surface area contributed by atoms with Crippen LogP contribution in [0, 0.1) is 18.3 Å². The highest BCUT2D eigenvalue weighted by Crippen LogP contribution is 2.27. The van der Waals surface area contributed by atoms with Crippen LogP contribution in [0.5, 0.6) is 5.75 Å². The van der Waals surface area contributed by atoms with E-state index in [1.54, 1.807) is 34.2 Å². The van der Waals surface area contributed by atoms with Gasteiger partial charge in [-0.1, -0.05) is 12.1 Å². The van der Waals surface area contributed by atoms with Crippen LogP contribution in [0.1, 0.15) is 21.7 Å². The van der Waals surface area contributed by atoms with Crippen LogP contribution in [0.2, 0.25) is 0 Å². The largest absolute Gasteiger partial charge is 0.497 e. The highest BCUT2D eigenvalue weighted by Gasteiger charge is 2.16. The third kappa shape index (κ3) is 2.91. The highest BCUT2D eigenvalue weighted by molar-refractivity contribution is 5.94. The number of carbonyl (C=O) groups excluding carboxylic acids is 1. The van der Waals surface area contributed by atoms with E-state index in [0.29, 0.717) is 22.5 Å². The topological polar surface area (TPSA) is 66.2 Å². The maximum Gasteiger partial charge on any atom is 0.271 e. The molecule has 1 aromatic heterocycles. The van der Waals surface area contributed by atoms with Crippen molar-refractivity contribution in [1.82, 2.24) is 9.88 Å². The van der Waals surface area contributed by atoms with E-state index < -0.39 is 0 Å². The number of pyridine rings is 1. The van der Waals surface area contributed by atoms with E-state index in [4.69, 9.17) is 4.74 Å². The van der Waals surface area contributed by atoms with Gasteiger partial charge in [0.15, 0.2) is 0 Å². The number of benzene rings is 1. The molecule has 0 radical (unpaired) electrons. The van der Waals surface area contributed by atoms with Gasteiger partial charge in [0, 0.05) is 19.7 Å². The normalized spacial score (nSPS) is 9.95. The van der Waals surface area contributed by atoms with E-state index in [0.717, 1.165) is 11.3 Å². The number of hydrogen-bond donors (Lipinski definition) is 0. The zero-order chi connectivity index (χ0) is 16.3. The number of aryl methyl sites for hydroxylation is 1. The molecular weight excluding hydrogens is 278 g/mol. The van der Waals surface area contributed by atoms with Crippen molar-refractivity contribution < 1.29 is 9.53 Å². The molecule has 112 valence electrons. The number of hydrogen-bond acceptors (Lipinski definition) is 4. The molecule has 0 fully saturated rings. The Hall–Kier alpha value is -2.87. The maximum absolute atomic E-state index is 12.1. The Balaban J connectivity index is 2.61. The average Bonchev–Trinajstić information content (AvgIpc) is 2.53. The molecule has 0 saturated heterocycles. The first kappa shape index (κ1) is 15.5. The predicted octanol–water partition coefficient (Wildman–Crippen LogP) is 2.64. The molecule has 0 N–H and O–H groups in total. The van der Waals surface area contributed by atoms with E-state index in [2.05, 4.69) is 11.1 Å². The van der Waals surface area contributed by atoms with Crippen molar-refractivity contribution >= 4 is 5.91 Å². The Bertz CT molecular complexity index is 744. The number of aromatic nitrogens is 1. The minimum atomic E-state index is -0.192. The summed E-state index contributed by atoms with van der Waals surface area (Å²) in [6.45, 7) is 1.73. The van der Waals surface area contributed by atoms with Gasteiger partial charge in [-0.05, 0) is 30.7 Å². The monoisotopic (exact) mass is 295 g/mol. The zero-order valence-electron chi connectivity index (χ0n) is 13.0. The lowest BCUT2D eigenvalue weighted by molar-refractivity contribution is 0.0822. The van der Waals surface area contributed by atoms with Gasteiger partial charge in [-0.15, -0.1) is 0 Å². The summed E-state index contributed by atoms with van der Waals surface area (Å²) in [4.78, 5) is 17.9. The number of nitrogens with zero attached hydrogens (tertiary/aromatic N) is 3. The first-order valence-corrected chi connectivity index (χ1v) is 6.75. The second-order valence-electron chi connectivity index (χ2n) is 5.06. The van der Waals surface area contributed by atoms with Gasteiger partial charge in [-0.2, -0.15) is 5.26 Å². The van der Waals surface area contributed by atoms with Crippen LogP contribution in [0.15, 0.2) is 30.3 Å². The fourth-order valence-corrected chi connectivity index (χ4v) is 2.15. The first-order chi connectivity index (χ1) is 10.5. The quantitative estimate of drug-likeness (QED) is 0.873. The van der Waals surface area contributed by atoms with Gasteiger partial charge in [-0.3, -0.25) is 4.79 Å². The van der Waals surface area contributed by atoms with E-state index in [1.807, 2.05) is 24.3 Å². The lowest BCUT2D eigenvalue weighted by atomic mass is 9.98. The lowest BCUT2D eigenvalue weighted by Gasteiger charge is -2.13. The van der Waals surface area contributed by atoms with Gasteiger partial charge in [-0.25, -0.2) is 4.98 Å². The van der Waals surface area contributed by atoms with Gasteiger partial charge in [0.25, 0.3) is 5.91 Å². The van der Waals surface area contributed by atoms with Gasteiger partial charge < -0.3 is 9.64 Å². The molecule has 1 amide bonds. The van der Waals surface area contributed by atoms with Crippen molar-refractivity contribution in [2.75, 3.05) is 21.2 Å². The third-order valence-electron chi connectivity index (χ3n) is 3.34. The molecule has 22 heavy (non-hydrogen) atoms. The summed E-state index contributed by atoms with van der Waals surface area (Å²) < 4.78 is 5.14. The molecule has 0 aliphatic carbocycles. The van der Waals surface area contributed by atoms with Gasteiger partial charge in [0.2, 0.25) is 0 Å². The minimum Gasteiger partial charge on any atom is -0.497 e. The molecule has 0 bridgehead atoms. The van der Waals surface area contributed by atoms with Crippen LogP contribution in [0.25, 0.3) is 11.1 Å². The number of carbonyl (C=O) groups is 1. The summed E-state index contributed by atoms with van der Waals surface area (Å²) in [5, 5.41) is 9.39. The van der Waals surface area contributed by atoms with E-state index in [9.17, 15) is 10.1 Å². The van der Waals surface area contributed by atoms with Crippen LogP contribution >= 0.6 is 0 Å². The Kier molecular flexibility index (Phi) is 4.42. The van der Waals surface area contributed by atoms with Crippen LogP contribution in [0.3, 0.4) is 0 Å². The van der Waals surface area contributed by atoms with Crippen molar-refractivity contribution in [2.45, 2.75) is 6.92 Å². The van der Waals surface area contributed by atoms with Gasteiger partial charge in [0.05, 0.1) is 18.4 Å². The number of methoxy groups -OCH3 is 1. The molecule has 0 spiro atoms. The predicted molar refractivity (Wildman–Crippen MR) is 83.7 cm³/mol. The van der Waals surface area contributed by atoms with Crippen molar-refractivity contribution in [3.05, 3.63) is 47.3 Å². The summed E-state index contributed by atoms with van der Waals surface area (Å²) in [5.74, 6) is 0.542. The third-order valence-corrected chi connectivity index (χ3v) is 3.34. The van der Waals surface area contributed by atoms with E-state index >= 15 is 0 Å². The fraction of sp³-hybridized carbons (Fsp3) is 0.235. The van der Waals surface area contributed by atoms with Crippen molar-refractivity contribution in [2.24, 2.45) is 0 Å². The standard InChI is InChI=1S/C17H17N3O2/c1-11-15(10-18)14(9-16(19-11)17(21)20(2)3)12-5-7-13(22-4)8-6-12/h5-9H,1-4H3. The molecule has 1 aromatic carbocycles. The SMILES string of the molecule is COc1ccc(-c2cc(C(=O)N(C)C)nc(C)c2C#N)cc1.